The zero-order chi connectivity index (χ0) is 12.3. The quantitative estimate of drug-likeness (QED) is 0.745. The van der Waals surface area contributed by atoms with Gasteiger partial charge in [0.05, 0.1) is 0 Å². The number of carbonyl (C=O) groups excluding carboxylic acids is 1. The second kappa shape index (κ2) is 5.57. The van der Waals surface area contributed by atoms with Crippen LogP contribution >= 0.6 is 11.6 Å². The molecule has 0 aromatic rings. The lowest BCUT2D eigenvalue weighted by Gasteiger charge is -2.47. The Kier molecular flexibility index (Phi) is 4.31. The second-order valence-corrected chi connectivity index (χ2v) is 6.19. The van der Waals surface area contributed by atoms with Crippen molar-refractivity contribution in [3.8, 4) is 0 Å². The van der Waals surface area contributed by atoms with Gasteiger partial charge >= 0.3 is 0 Å². The number of rotatable bonds is 2. The Morgan fingerprint density at radius 3 is 2.71 bits per heavy atom. The first-order valence-electron chi connectivity index (χ1n) is 6.79. The monoisotopic (exact) mass is 258 g/mol. The minimum absolute atomic E-state index is 0.00326. The van der Waals surface area contributed by atoms with Crippen LogP contribution in [-0.4, -0.2) is 30.4 Å². The molecule has 3 nitrogen and oxygen atoms in total. The highest BCUT2D eigenvalue weighted by Crippen LogP contribution is 2.43. The molecule has 2 N–H and O–H groups in total. The Balaban J connectivity index is 2.03. The molecule has 2 rings (SSSR count). The lowest BCUT2D eigenvalue weighted by atomic mass is 9.65. The molecule has 1 aliphatic carbocycles. The Hall–Kier alpha value is -0.280. The highest BCUT2D eigenvalue weighted by molar-refractivity contribution is 6.30. The predicted octanol–water partition coefficient (Wildman–Crippen LogP) is 2.04. The molecule has 0 radical (unpaired) electrons. The van der Waals surface area contributed by atoms with E-state index in [0.29, 0.717) is 11.5 Å². The average molecular weight is 259 g/mol. The molecule has 17 heavy (non-hydrogen) atoms. The van der Waals surface area contributed by atoms with Gasteiger partial charge in [-0.2, -0.15) is 0 Å². The van der Waals surface area contributed by atoms with Gasteiger partial charge in [-0.25, -0.2) is 0 Å². The van der Waals surface area contributed by atoms with E-state index in [1.165, 1.54) is 32.1 Å². The van der Waals surface area contributed by atoms with Gasteiger partial charge in [-0.1, -0.05) is 12.8 Å². The van der Waals surface area contributed by atoms with Crippen LogP contribution in [-0.2, 0) is 4.79 Å². The fraction of sp³-hybridized carbons (Fsp3) is 0.923. The molecule has 98 valence electrons. The minimum Gasteiger partial charge on any atom is -0.352 e. The van der Waals surface area contributed by atoms with Crippen LogP contribution in [0.15, 0.2) is 0 Å². The van der Waals surface area contributed by atoms with Crippen molar-refractivity contribution in [3.63, 3.8) is 0 Å². The van der Waals surface area contributed by atoms with Crippen molar-refractivity contribution in [2.45, 2.75) is 56.9 Å². The minimum atomic E-state index is -0.421. The van der Waals surface area contributed by atoms with E-state index in [4.69, 9.17) is 11.6 Å². The zero-order valence-corrected chi connectivity index (χ0v) is 11.4. The Bertz CT molecular complexity index is 266. The van der Waals surface area contributed by atoms with E-state index in [1.807, 2.05) is 0 Å². The van der Waals surface area contributed by atoms with E-state index < -0.39 is 5.38 Å². The third-order valence-corrected chi connectivity index (χ3v) is 4.63. The van der Waals surface area contributed by atoms with Gasteiger partial charge in [-0.15, -0.1) is 11.6 Å². The summed E-state index contributed by atoms with van der Waals surface area (Å²) in [6, 6.07) is 0.340. The van der Waals surface area contributed by atoms with Gasteiger partial charge in [-0.3, -0.25) is 4.79 Å². The standard InChI is InChI=1S/C13H23ClN2O/c1-10(14)12(17)16-11-4-2-3-5-13(11)6-8-15-9-7-13/h10-11,15H,2-9H2,1H3,(H,16,17). The summed E-state index contributed by atoms with van der Waals surface area (Å²) in [5.74, 6) is -0.00326. The zero-order valence-electron chi connectivity index (χ0n) is 10.6. The van der Waals surface area contributed by atoms with E-state index in [2.05, 4.69) is 10.6 Å². The predicted molar refractivity (Wildman–Crippen MR) is 70.3 cm³/mol. The summed E-state index contributed by atoms with van der Waals surface area (Å²) in [4.78, 5) is 11.8. The van der Waals surface area contributed by atoms with Crippen molar-refractivity contribution >= 4 is 17.5 Å². The largest absolute Gasteiger partial charge is 0.352 e. The third kappa shape index (κ3) is 2.94. The highest BCUT2D eigenvalue weighted by atomic mass is 35.5. The molecular formula is C13H23ClN2O. The van der Waals surface area contributed by atoms with Gasteiger partial charge in [0.15, 0.2) is 0 Å². The van der Waals surface area contributed by atoms with Crippen molar-refractivity contribution in [1.82, 2.24) is 10.6 Å². The molecule has 1 spiro atoms. The number of amides is 1. The Labute approximate surface area is 109 Å². The molecule has 1 aliphatic heterocycles. The molecule has 2 aliphatic rings. The number of alkyl halides is 1. The number of nitrogens with one attached hydrogen (secondary N) is 2. The van der Waals surface area contributed by atoms with E-state index in [0.717, 1.165) is 19.5 Å². The van der Waals surface area contributed by atoms with Gasteiger partial charge in [0, 0.05) is 6.04 Å². The highest BCUT2D eigenvalue weighted by Gasteiger charge is 2.42. The normalized spacial score (nSPS) is 29.9. The van der Waals surface area contributed by atoms with Crippen LogP contribution in [0.4, 0.5) is 0 Å². The van der Waals surface area contributed by atoms with Crippen LogP contribution in [0, 0.1) is 5.41 Å². The number of hydrogen-bond acceptors (Lipinski definition) is 2. The molecule has 0 aromatic carbocycles. The maximum atomic E-state index is 11.8. The van der Waals surface area contributed by atoms with Crippen molar-refractivity contribution < 1.29 is 4.79 Å². The van der Waals surface area contributed by atoms with Crippen molar-refractivity contribution in [2.75, 3.05) is 13.1 Å². The molecule has 2 atom stereocenters. The van der Waals surface area contributed by atoms with Crippen LogP contribution in [0.25, 0.3) is 0 Å². The summed E-state index contributed by atoms with van der Waals surface area (Å²) in [6.07, 6.45) is 7.30. The maximum Gasteiger partial charge on any atom is 0.238 e. The molecule has 2 unspecified atom stereocenters. The molecule has 1 saturated carbocycles. The van der Waals surface area contributed by atoms with Crippen LogP contribution in [0.1, 0.15) is 45.4 Å². The van der Waals surface area contributed by atoms with Crippen LogP contribution < -0.4 is 10.6 Å². The molecule has 0 bridgehead atoms. The maximum absolute atomic E-state index is 11.8. The lowest BCUT2D eigenvalue weighted by Crippen LogP contribution is -2.54. The topological polar surface area (TPSA) is 41.1 Å². The van der Waals surface area contributed by atoms with E-state index in [1.54, 1.807) is 6.92 Å². The number of carbonyl (C=O) groups is 1. The van der Waals surface area contributed by atoms with Crippen LogP contribution in [0.5, 0.6) is 0 Å². The van der Waals surface area contributed by atoms with Crippen molar-refractivity contribution in [1.29, 1.82) is 0 Å². The Morgan fingerprint density at radius 1 is 1.35 bits per heavy atom. The molecule has 2 fully saturated rings. The first-order chi connectivity index (χ1) is 8.14. The smallest absolute Gasteiger partial charge is 0.238 e. The molecule has 4 heteroatoms. The summed E-state index contributed by atoms with van der Waals surface area (Å²) < 4.78 is 0. The number of piperidine rings is 1. The molecule has 1 saturated heterocycles. The van der Waals surface area contributed by atoms with Gasteiger partial charge in [0.2, 0.25) is 5.91 Å². The summed E-state index contributed by atoms with van der Waals surface area (Å²) >= 11 is 5.85. The third-order valence-electron chi connectivity index (χ3n) is 4.43. The van der Waals surface area contributed by atoms with E-state index in [9.17, 15) is 4.79 Å². The molecule has 1 amide bonds. The Morgan fingerprint density at radius 2 is 2.06 bits per heavy atom. The van der Waals surface area contributed by atoms with E-state index >= 15 is 0 Å². The van der Waals surface area contributed by atoms with Gasteiger partial charge in [0.25, 0.3) is 0 Å². The molecular weight excluding hydrogens is 236 g/mol. The second-order valence-electron chi connectivity index (χ2n) is 5.54. The fourth-order valence-electron chi connectivity index (χ4n) is 3.34. The van der Waals surface area contributed by atoms with Gasteiger partial charge in [0.1, 0.15) is 5.38 Å². The van der Waals surface area contributed by atoms with Crippen LogP contribution in [0.3, 0.4) is 0 Å². The fourth-order valence-corrected chi connectivity index (χ4v) is 3.40. The SMILES string of the molecule is CC(Cl)C(=O)NC1CCCCC12CCNCC2. The summed E-state index contributed by atoms with van der Waals surface area (Å²) in [7, 11) is 0. The first kappa shape index (κ1) is 13.2. The van der Waals surface area contributed by atoms with Crippen molar-refractivity contribution in [2.24, 2.45) is 5.41 Å². The van der Waals surface area contributed by atoms with Gasteiger partial charge < -0.3 is 10.6 Å². The van der Waals surface area contributed by atoms with Crippen molar-refractivity contribution in [3.05, 3.63) is 0 Å². The number of hydrogen-bond donors (Lipinski definition) is 2. The summed E-state index contributed by atoms with van der Waals surface area (Å²) in [5.41, 5.74) is 0.338. The molecule has 1 heterocycles. The lowest BCUT2D eigenvalue weighted by molar-refractivity contribution is -0.122. The van der Waals surface area contributed by atoms with Gasteiger partial charge in [-0.05, 0) is 51.1 Å². The van der Waals surface area contributed by atoms with Crippen LogP contribution in [0.2, 0.25) is 0 Å². The molecule has 0 aromatic heterocycles. The number of halogens is 1. The van der Waals surface area contributed by atoms with E-state index in [-0.39, 0.29) is 5.91 Å². The average Bonchev–Trinajstić information content (AvgIpc) is 2.33. The summed E-state index contributed by atoms with van der Waals surface area (Å²) in [5, 5.41) is 6.17. The first-order valence-corrected chi connectivity index (χ1v) is 7.23. The summed E-state index contributed by atoms with van der Waals surface area (Å²) in [6.45, 7) is 3.92.